The number of sulfonamides is 1. The first kappa shape index (κ1) is 17.7. The zero-order valence-corrected chi connectivity index (χ0v) is 13.2. The highest BCUT2D eigenvalue weighted by atomic mass is 32.2. The zero-order chi connectivity index (χ0) is 15.7. The van der Waals surface area contributed by atoms with E-state index in [4.69, 9.17) is 9.84 Å². The van der Waals surface area contributed by atoms with Crippen molar-refractivity contribution in [3.8, 4) is 11.8 Å². The Balaban J connectivity index is 3.03. The van der Waals surface area contributed by atoms with Gasteiger partial charge in [-0.2, -0.15) is 4.31 Å². The Kier molecular flexibility index (Phi) is 7.40. The lowest BCUT2D eigenvalue weighted by Crippen LogP contribution is -2.33. The van der Waals surface area contributed by atoms with Crippen LogP contribution in [0.3, 0.4) is 0 Å². The number of likely N-dealkylation sites (N-methyl/N-ethyl adjacent to an activating group) is 1. The van der Waals surface area contributed by atoms with E-state index in [0.29, 0.717) is 31.7 Å². The van der Waals surface area contributed by atoms with Crippen molar-refractivity contribution in [2.75, 3.05) is 33.4 Å². The molecule has 0 radical (unpaired) electrons. The highest BCUT2D eigenvalue weighted by molar-refractivity contribution is 7.89. The fraction of sp³-hybridized carbons (Fsp3) is 0.467. The SMILES string of the molecule is CCN(CCOC)S(=O)(=O)c1cccc(C#CCCO)c1. The van der Waals surface area contributed by atoms with Crippen LogP contribution in [0.5, 0.6) is 0 Å². The predicted molar refractivity (Wildman–Crippen MR) is 81.3 cm³/mol. The van der Waals surface area contributed by atoms with Gasteiger partial charge in [0.2, 0.25) is 10.0 Å². The Morgan fingerprint density at radius 3 is 2.76 bits per heavy atom. The van der Waals surface area contributed by atoms with Gasteiger partial charge in [0.25, 0.3) is 0 Å². The maximum atomic E-state index is 12.5. The lowest BCUT2D eigenvalue weighted by atomic mass is 10.2. The standard InChI is InChI=1S/C15H21NO4S/c1-3-16(10-12-20-2)21(18,19)15-9-6-8-14(13-15)7-4-5-11-17/h6,8-9,13,17H,3,5,10-12H2,1-2H3. The number of aliphatic hydroxyl groups is 1. The van der Waals surface area contributed by atoms with Crippen LogP contribution in [-0.2, 0) is 14.8 Å². The molecule has 1 N–H and O–H groups in total. The molecule has 0 amide bonds. The van der Waals surface area contributed by atoms with E-state index >= 15 is 0 Å². The Labute approximate surface area is 126 Å². The molecule has 0 aromatic heterocycles. The maximum Gasteiger partial charge on any atom is 0.243 e. The summed E-state index contributed by atoms with van der Waals surface area (Å²) >= 11 is 0. The number of hydrogen-bond donors (Lipinski definition) is 1. The van der Waals surface area contributed by atoms with E-state index < -0.39 is 10.0 Å². The van der Waals surface area contributed by atoms with Gasteiger partial charge in [-0.25, -0.2) is 8.42 Å². The third kappa shape index (κ3) is 5.14. The third-order valence-electron chi connectivity index (χ3n) is 2.84. The number of nitrogens with zero attached hydrogens (tertiary/aromatic N) is 1. The highest BCUT2D eigenvalue weighted by Gasteiger charge is 2.22. The van der Waals surface area contributed by atoms with Crippen LogP contribution in [-0.4, -0.2) is 51.2 Å². The van der Waals surface area contributed by atoms with Crippen LogP contribution in [0.25, 0.3) is 0 Å². The molecule has 0 unspecified atom stereocenters. The molecular formula is C15H21NO4S. The largest absolute Gasteiger partial charge is 0.395 e. The van der Waals surface area contributed by atoms with Crippen molar-refractivity contribution in [1.82, 2.24) is 4.31 Å². The summed E-state index contributed by atoms with van der Waals surface area (Å²) < 4.78 is 31.4. The summed E-state index contributed by atoms with van der Waals surface area (Å²) in [5.41, 5.74) is 0.618. The van der Waals surface area contributed by atoms with E-state index in [2.05, 4.69) is 11.8 Å². The van der Waals surface area contributed by atoms with Gasteiger partial charge in [-0.15, -0.1) is 0 Å². The van der Waals surface area contributed by atoms with Gasteiger partial charge >= 0.3 is 0 Å². The normalized spacial score (nSPS) is 11.2. The van der Waals surface area contributed by atoms with Crippen molar-refractivity contribution >= 4 is 10.0 Å². The number of hydrogen-bond acceptors (Lipinski definition) is 4. The van der Waals surface area contributed by atoms with Crippen LogP contribution in [0.2, 0.25) is 0 Å². The molecule has 0 saturated carbocycles. The van der Waals surface area contributed by atoms with Crippen molar-refractivity contribution in [1.29, 1.82) is 0 Å². The summed E-state index contributed by atoms with van der Waals surface area (Å²) in [5.74, 6) is 5.62. The molecule has 0 aliphatic rings. The highest BCUT2D eigenvalue weighted by Crippen LogP contribution is 2.16. The topological polar surface area (TPSA) is 66.8 Å². The van der Waals surface area contributed by atoms with Crippen LogP contribution >= 0.6 is 0 Å². The average Bonchev–Trinajstić information content (AvgIpc) is 2.48. The first-order chi connectivity index (χ1) is 10.1. The first-order valence-corrected chi connectivity index (χ1v) is 8.19. The van der Waals surface area contributed by atoms with Crippen molar-refractivity contribution in [2.24, 2.45) is 0 Å². The van der Waals surface area contributed by atoms with Crippen molar-refractivity contribution < 1.29 is 18.3 Å². The summed E-state index contributed by atoms with van der Waals surface area (Å²) in [5, 5.41) is 8.70. The van der Waals surface area contributed by atoms with Gasteiger partial charge in [0.1, 0.15) is 0 Å². The maximum absolute atomic E-state index is 12.5. The summed E-state index contributed by atoms with van der Waals surface area (Å²) in [4.78, 5) is 0.219. The minimum atomic E-state index is -3.54. The van der Waals surface area contributed by atoms with Gasteiger partial charge in [0.15, 0.2) is 0 Å². The lowest BCUT2D eigenvalue weighted by Gasteiger charge is -2.20. The van der Waals surface area contributed by atoms with Gasteiger partial charge in [0, 0.05) is 32.2 Å². The van der Waals surface area contributed by atoms with Gasteiger partial charge in [-0.1, -0.05) is 24.8 Å². The van der Waals surface area contributed by atoms with Crippen LogP contribution < -0.4 is 0 Å². The van der Waals surface area contributed by atoms with Crippen LogP contribution in [0, 0.1) is 11.8 Å². The quantitative estimate of drug-likeness (QED) is 0.765. The van der Waals surface area contributed by atoms with Gasteiger partial charge in [-0.3, -0.25) is 0 Å². The molecule has 0 bridgehead atoms. The number of benzene rings is 1. The molecule has 0 spiro atoms. The average molecular weight is 311 g/mol. The van der Waals surface area contributed by atoms with E-state index in [1.54, 1.807) is 31.2 Å². The second-order valence-electron chi connectivity index (χ2n) is 4.29. The van der Waals surface area contributed by atoms with Gasteiger partial charge in [-0.05, 0) is 18.2 Å². The molecule has 1 rings (SSSR count). The molecule has 0 atom stereocenters. The van der Waals surface area contributed by atoms with Crippen molar-refractivity contribution in [3.63, 3.8) is 0 Å². The Hall–Kier alpha value is -1.39. The molecular weight excluding hydrogens is 290 g/mol. The summed E-state index contributed by atoms with van der Waals surface area (Å²) in [7, 11) is -2.00. The first-order valence-electron chi connectivity index (χ1n) is 6.75. The van der Waals surface area contributed by atoms with E-state index in [1.807, 2.05) is 0 Å². The van der Waals surface area contributed by atoms with E-state index in [0.717, 1.165) is 0 Å². The molecule has 0 fully saturated rings. The smallest absolute Gasteiger partial charge is 0.243 e. The second-order valence-corrected chi connectivity index (χ2v) is 6.23. The molecule has 6 heteroatoms. The number of methoxy groups -OCH3 is 1. The predicted octanol–water partition coefficient (Wildman–Crippen LogP) is 1.08. The molecule has 1 aromatic carbocycles. The molecule has 0 aliphatic carbocycles. The monoisotopic (exact) mass is 311 g/mol. The lowest BCUT2D eigenvalue weighted by molar-refractivity contribution is 0.180. The van der Waals surface area contributed by atoms with E-state index in [9.17, 15) is 8.42 Å². The minimum Gasteiger partial charge on any atom is -0.395 e. The summed E-state index contributed by atoms with van der Waals surface area (Å²) in [6.07, 6.45) is 0.367. The Bertz CT molecular complexity index is 602. The molecule has 116 valence electrons. The van der Waals surface area contributed by atoms with Crippen molar-refractivity contribution in [2.45, 2.75) is 18.2 Å². The molecule has 1 aromatic rings. The molecule has 0 saturated heterocycles. The molecule has 5 nitrogen and oxygen atoms in total. The van der Waals surface area contributed by atoms with E-state index in [-0.39, 0.29) is 11.5 Å². The molecule has 21 heavy (non-hydrogen) atoms. The van der Waals surface area contributed by atoms with Crippen molar-refractivity contribution in [3.05, 3.63) is 29.8 Å². The van der Waals surface area contributed by atoms with Crippen LogP contribution in [0.15, 0.2) is 29.2 Å². The Morgan fingerprint density at radius 2 is 2.14 bits per heavy atom. The Morgan fingerprint density at radius 1 is 1.38 bits per heavy atom. The molecule has 0 heterocycles. The fourth-order valence-corrected chi connectivity index (χ4v) is 3.22. The number of rotatable bonds is 7. The fourth-order valence-electron chi connectivity index (χ4n) is 1.75. The number of ether oxygens (including phenoxy) is 1. The van der Waals surface area contributed by atoms with Gasteiger partial charge in [0.05, 0.1) is 18.1 Å². The third-order valence-corrected chi connectivity index (χ3v) is 4.81. The van der Waals surface area contributed by atoms with Gasteiger partial charge < -0.3 is 9.84 Å². The van der Waals surface area contributed by atoms with E-state index in [1.165, 1.54) is 11.4 Å². The zero-order valence-electron chi connectivity index (χ0n) is 12.4. The van der Waals surface area contributed by atoms with Crippen LogP contribution in [0.4, 0.5) is 0 Å². The van der Waals surface area contributed by atoms with Crippen LogP contribution in [0.1, 0.15) is 18.9 Å². The summed E-state index contributed by atoms with van der Waals surface area (Å²) in [6, 6.07) is 6.52. The second kappa shape index (κ2) is 8.80. The number of aliphatic hydroxyl groups excluding tert-OH is 1. The summed E-state index contributed by atoms with van der Waals surface area (Å²) in [6.45, 7) is 2.83. The minimum absolute atomic E-state index is 0.00831. The molecule has 0 aliphatic heterocycles.